The summed E-state index contributed by atoms with van der Waals surface area (Å²) in [7, 11) is -3.37. The van der Waals surface area contributed by atoms with E-state index in [2.05, 4.69) is 10.1 Å². The van der Waals surface area contributed by atoms with Gasteiger partial charge in [-0.15, -0.1) is 0 Å². The van der Waals surface area contributed by atoms with Crippen LogP contribution in [0.15, 0.2) is 33.4 Å². The van der Waals surface area contributed by atoms with E-state index < -0.39 is 20.4 Å². The maximum atomic E-state index is 13.7. The lowest BCUT2D eigenvalue weighted by molar-refractivity contribution is 0.314. The molecule has 4 rings (SSSR count). The largest absolute Gasteiger partial charge is 0.464 e. The highest BCUT2D eigenvalue weighted by Crippen LogP contribution is 2.47. The van der Waals surface area contributed by atoms with Gasteiger partial charge < -0.3 is 8.94 Å². The van der Waals surface area contributed by atoms with Crippen LogP contribution >= 0.6 is 0 Å². The summed E-state index contributed by atoms with van der Waals surface area (Å²) < 4.78 is 47.4. The fourth-order valence-electron chi connectivity index (χ4n) is 2.98. The van der Waals surface area contributed by atoms with Gasteiger partial charge in [0.1, 0.15) is 16.1 Å². The number of hydrogen-bond acceptors (Lipinski definition) is 6. The lowest BCUT2D eigenvalue weighted by Gasteiger charge is -2.36. The van der Waals surface area contributed by atoms with Gasteiger partial charge in [-0.05, 0) is 37.5 Å². The molecule has 120 valence electrons. The minimum absolute atomic E-state index is 0.0503. The van der Waals surface area contributed by atoms with Crippen LogP contribution in [0.3, 0.4) is 0 Å². The van der Waals surface area contributed by atoms with Gasteiger partial charge in [-0.1, -0.05) is 5.16 Å². The Morgan fingerprint density at radius 2 is 2.09 bits per heavy atom. The first-order valence-corrected chi connectivity index (χ1v) is 9.01. The molecule has 6 nitrogen and oxygen atoms in total. The number of halogens is 1. The second kappa shape index (κ2) is 4.64. The minimum atomic E-state index is -3.37. The molecule has 0 saturated heterocycles. The van der Waals surface area contributed by atoms with Crippen LogP contribution in [0.1, 0.15) is 25.1 Å². The number of sulfone groups is 1. The molecule has 1 aliphatic rings. The van der Waals surface area contributed by atoms with E-state index in [1.54, 1.807) is 6.07 Å². The molecule has 3 aromatic rings. The smallest absolute Gasteiger partial charge is 0.261 e. The van der Waals surface area contributed by atoms with Crippen molar-refractivity contribution in [3.8, 4) is 11.5 Å². The maximum absolute atomic E-state index is 13.7. The van der Waals surface area contributed by atoms with E-state index >= 15 is 0 Å². The summed E-state index contributed by atoms with van der Waals surface area (Å²) in [6.45, 7) is 0. The monoisotopic (exact) mass is 336 g/mol. The topological polar surface area (TPSA) is 86.2 Å². The zero-order valence-electron chi connectivity index (χ0n) is 12.2. The molecule has 23 heavy (non-hydrogen) atoms. The van der Waals surface area contributed by atoms with Crippen LogP contribution in [-0.2, 0) is 14.6 Å². The first-order chi connectivity index (χ1) is 10.9. The Hall–Kier alpha value is -2.22. The van der Waals surface area contributed by atoms with E-state index in [0.717, 1.165) is 6.42 Å². The molecular weight excluding hydrogens is 323 g/mol. The van der Waals surface area contributed by atoms with Crippen molar-refractivity contribution in [1.82, 2.24) is 10.1 Å². The number of rotatable bonds is 3. The molecule has 0 aliphatic heterocycles. The first-order valence-electron chi connectivity index (χ1n) is 7.12. The first kappa shape index (κ1) is 14.4. The van der Waals surface area contributed by atoms with Gasteiger partial charge in [-0.25, -0.2) is 12.8 Å². The predicted molar refractivity (Wildman–Crippen MR) is 79.8 cm³/mol. The fraction of sp³-hybridized carbons (Fsp3) is 0.333. The molecule has 0 radical (unpaired) electrons. The third kappa shape index (κ3) is 2.01. The molecular formula is C15H13FN2O4S. The third-order valence-corrected chi connectivity index (χ3v) is 6.46. The van der Waals surface area contributed by atoms with E-state index in [9.17, 15) is 12.8 Å². The molecule has 0 unspecified atom stereocenters. The zero-order valence-corrected chi connectivity index (χ0v) is 13.1. The van der Waals surface area contributed by atoms with Gasteiger partial charge in [-0.2, -0.15) is 4.98 Å². The molecule has 1 aliphatic carbocycles. The van der Waals surface area contributed by atoms with Crippen LogP contribution in [0.5, 0.6) is 0 Å². The molecule has 0 spiro atoms. The van der Waals surface area contributed by atoms with Crippen molar-refractivity contribution in [3.63, 3.8) is 0 Å². The van der Waals surface area contributed by atoms with E-state index in [1.807, 2.05) is 0 Å². The number of aromatic nitrogens is 2. The average molecular weight is 336 g/mol. The van der Waals surface area contributed by atoms with Crippen LogP contribution in [-0.4, -0.2) is 24.8 Å². The second-order valence-electron chi connectivity index (χ2n) is 5.84. The van der Waals surface area contributed by atoms with Gasteiger partial charge in [0.05, 0.1) is 11.8 Å². The van der Waals surface area contributed by atoms with Crippen LogP contribution in [0.4, 0.5) is 4.39 Å². The number of furan rings is 1. The second-order valence-corrected chi connectivity index (χ2v) is 8.16. The summed E-state index contributed by atoms with van der Waals surface area (Å²) in [5, 5.41) is 4.42. The van der Waals surface area contributed by atoms with Crippen LogP contribution in [0.25, 0.3) is 22.4 Å². The van der Waals surface area contributed by atoms with E-state index in [0.29, 0.717) is 29.4 Å². The standard InChI is InChI=1S/C15H13FN2O4S/c1-23(19,20)15(4-2-5-15)14-17-13(22-18-14)11-8-10(16)7-9-3-6-21-12(9)11/h3,6-8H,2,4-5H2,1H3. The Balaban J connectivity index is 1.86. The Bertz CT molecular complexity index is 1000. The molecule has 2 heterocycles. The Labute approximate surface area is 131 Å². The van der Waals surface area contributed by atoms with Crippen molar-refractivity contribution in [2.75, 3.05) is 6.26 Å². The molecule has 8 heteroatoms. The summed E-state index contributed by atoms with van der Waals surface area (Å²) in [5.41, 5.74) is 0.732. The maximum Gasteiger partial charge on any atom is 0.261 e. The van der Waals surface area contributed by atoms with Crippen LogP contribution in [0, 0.1) is 5.82 Å². The number of fused-ring (bicyclic) bond motifs is 1. The highest BCUT2D eigenvalue weighted by molar-refractivity contribution is 7.91. The predicted octanol–water partition coefficient (Wildman–Crippen LogP) is 3.05. The zero-order chi connectivity index (χ0) is 16.2. The van der Waals surface area contributed by atoms with Gasteiger partial charge >= 0.3 is 0 Å². The van der Waals surface area contributed by atoms with E-state index in [1.165, 1.54) is 24.7 Å². The molecule has 2 aromatic heterocycles. The lowest BCUT2D eigenvalue weighted by Crippen LogP contribution is -2.42. The highest BCUT2D eigenvalue weighted by atomic mass is 32.2. The Morgan fingerprint density at radius 3 is 2.74 bits per heavy atom. The Kier molecular flexibility index (Phi) is 2.90. The number of hydrogen-bond donors (Lipinski definition) is 0. The van der Waals surface area contributed by atoms with Crippen LogP contribution in [0.2, 0.25) is 0 Å². The van der Waals surface area contributed by atoms with E-state index in [-0.39, 0.29) is 11.7 Å². The summed E-state index contributed by atoms with van der Waals surface area (Å²) >= 11 is 0. The molecule has 1 aromatic carbocycles. The van der Waals surface area contributed by atoms with Crippen molar-refractivity contribution in [1.29, 1.82) is 0 Å². The highest BCUT2D eigenvalue weighted by Gasteiger charge is 2.51. The summed E-state index contributed by atoms with van der Waals surface area (Å²) in [6, 6.07) is 4.20. The summed E-state index contributed by atoms with van der Waals surface area (Å²) in [6.07, 6.45) is 4.33. The van der Waals surface area contributed by atoms with Crippen molar-refractivity contribution < 1.29 is 21.7 Å². The normalized spacial score (nSPS) is 17.3. The van der Waals surface area contributed by atoms with Gasteiger partial charge in [0.25, 0.3) is 5.89 Å². The summed E-state index contributed by atoms with van der Waals surface area (Å²) in [5.74, 6) is -0.283. The Morgan fingerprint density at radius 1 is 1.30 bits per heavy atom. The molecule has 0 bridgehead atoms. The minimum Gasteiger partial charge on any atom is -0.464 e. The van der Waals surface area contributed by atoms with E-state index in [4.69, 9.17) is 8.94 Å². The quantitative estimate of drug-likeness (QED) is 0.730. The summed E-state index contributed by atoms with van der Waals surface area (Å²) in [4.78, 5) is 4.23. The number of benzene rings is 1. The lowest BCUT2D eigenvalue weighted by atomic mass is 9.83. The molecule has 0 N–H and O–H groups in total. The average Bonchev–Trinajstić information content (AvgIpc) is 3.03. The van der Waals surface area contributed by atoms with Gasteiger partial charge in [-0.3, -0.25) is 0 Å². The molecule has 0 atom stereocenters. The van der Waals surface area contributed by atoms with Crippen LogP contribution < -0.4 is 0 Å². The van der Waals surface area contributed by atoms with Gasteiger partial charge in [0, 0.05) is 11.6 Å². The molecule has 1 fully saturated rings. The SMILES string of the molecule is CS(=O)(=O)C1(c2noc(-c3cc(F)cc4ccoc34)n2)CCC1. The van der Waals surface area contributed by atoms with Crippen molar-refractivity contribution in [3.05, 3.63) is 36.1 Å². The van der Waals surface area contributed by atoms with Gasteiger partial charge in [0.2, 0.25) is 0 Å². The fourth-order valence-corrected chi connectivity index (χ4v) is 4.43. The van der Waals surface area contributed by atoms with Crippen molar-refractivity contribution in [2.45, 2.75) is 24.0 Å². The van der Waals surface area contributed by atoms with Gasteiger partial charge in [0.15, 0.2) is 15.7 Å². The molecule has 1 saturated carbocycles. The van der Waals surface area contributed by atoms with Crippen molar-refractivity contribution >= 4 is 20.8 Å². The molecule has 0 amide bonds. The van der Waals surface area contributed by atoms with Crippen molar-refractivity contribution in [2.24, 2.45) is 0 Å². The number of nitrogens with zero attached hydrogens (tertiary/aromatic N) is 2. The third-order valence-electron chi connectivity index (χ3n) is 4.45.